The van der Waals surface area contributed by atoms with Crippen LogP contribution in [-0.2, 0) is 27.2 Å². The third-order valence-electron chi connectivity index (χ3n) is 17.0. The van der Waals surface area contributed by atoms with E-state index < -0.39 is 5.97 Å². The summed E-state index contributed by atoms with van der Waals surface area (Å²) in [4.78, 5) is 73.2. The zero-order valence-electron chi connectivity index (χ0n) is 50.8. The minimum Gasteiger partial charge on any atom is -0.496 e. The van der Waals surface area contributed by atoms with Crippen molar-refractivity contribution < 1.29 is 24.2 Å². The summed E-state index contributed by atoms with van der Waals surface area (Å²) in [7, 11) is 15.6. The van der Waals surface area contributed by atoms with Gasteiger partial charge in [-0.3, -0.25) is 24.2 Å². The van der Waals surface area contributed by atoms with Crippen LogP contribution in [0.15, 0.2) is 83.4 Å². The number of carboxylic acids is 1. The van der Waals surface area contributed by atoms with Gasteiger partial charge in [0, 0.05) is 134 Å². The number of aromatic carboxylic acids is 1. The van der Waals surface area contributed by atoms with E-state index in [-0.39, 0.29) is 42.2 Å². The maximum absolute atomic E-state index is 13.7. The molecule has 2 atom stereocenters. The number of nitrogens with one attached hydrogen (secondary N) is 3. The van der Waals surface area contributed by atoms with Crippen LogP contribution >= 0.6 is 0 Å². The van der Waals surface area contributed by atoms with Gasteiger partial charge in [0.25, 0.3) is 17.0 Å². The van der Waals surface area contributed by atoms with E-state index >= 15 is 0 Å². The molecule has 1 amide bonds. The van der Waals surface area contributed by atoms with Gasteiger partial charge in [-0.25, -0.2) is 14.8 Å². The number of carbonyl (C=O) groups is 2. The molecule has 21 nitrogen and oxygen atoms in total. The van der Waals surface area contributed by atoms with Crippen molar-refractivity contribution in [2.45, 2.75) is 104 Å². The van der Waals surface area contributed by atoms with E-state index in [4.69, 9.17) is 15.2 Å². The van der Waals surface area contributed by atoms with Gasteiger partial charge < -0.3 is 63.3 Å². The number of aromatic nitrogens is 8. The Kier molecular flexibility index (Phi) is 19.3. The number of imidazole rings is 2. The molecule has 2 saturated heterocycles. The average Bonchev–Trinajstić information content (AvgIpc) is 4.41. The SMILES string of the molecule is COc1cc(C)[nH]c(=O)c1CN.COc1cc(C)[nH]c(=O)c1CNC(=O)c1cc2cc(-c3cncn3C)cn2c(C(C)N2CCC(N(C)C)CC2)c1C.Cc1c(C(=O)O)cc2cc(-c3cncn3C)cn2c1C(C)N1CCC(N(C)C)CC1. The first-order chi connectivity index (χ1) is 39.5. The largest absolute Gasteiger partial charge is 0.496 e. The van der Waals surface area contributed by atoms with Crippen molar-refractivity contribution >= 4 is 22.9 Å². The van der Waals surface area contributed by atoms with Crippen LogP contribution < -0.4 is 31.6 Å². The third kappa shape index (κ3) is 13.2. The fourth-order valence-electron chi connectivity index (χ4n) is 12.1. The minimum absolute atomic E-state index is 0.0620. The van der Waals surface area contributed by atoms with E-state index in [9.17, 15) is 24.3 Å². The Labute approximate surface area is 485 Å². The normalized spacial score (nSPS) is 15.3. The van der Waals surface area contributed by atoms with Gasteiger partial charge in [-0.1, -0.05) is 0 Å². The van der Waals surface area contributed by atoms with Gasteiger partial charge in [0.15, 0.2) is 0 Å². The fourth-order valence-corrected chi connectivity index (χ4v) is 12.1. The maximum Gasteiger partial charge on any atom is 0.336 e. The van der Waals surface area contributed by atoms with E-state index in [1.165, 1.54) is 14.2 Å². The summed E-state index contributed by atoms with van der Waals surface area (Å²) in [6.45, 7) is 16.3. The summed E-state index contributed by atoms with van der Waals surface area (Å²) in [5, 5.41) is 12.8. The number of aryl methyl sites for hydroxylation is 4. The van der Waals surface area contributed by atoms with E-state index in [0.29, 0.717) is 51.5 Å². The van der Waals surface area contributed by atoms with E-state index in [1.807, 2.05) is 55.5 Å². The number of nitrogens with zero attached hydrogens (tertiary/aromatic N) is 10. The van der Waals surface area contributed by atoms with Crippen molar-refractivity contribution in [3.8, 4) is 34.0 Å². The first-order valence-corrected chi connectivity index (χ1v) is 28.4. The molecule has 10 rings (SSSR count). The number of fused-ring (bicyclic) bond motifs is 2. The number of ether oxygens (including phenoxy) is 2. The Morgan fingerprint density at radius 3 is 1.47 bits per heavy atom. The molecule has 0 saturated carbocycles. The number of pyridine rings is 4. The van der Waals surface area contributed by atoms with Crippen LogP contribution in [0.5, 0.6) is 11.5 Å². The van der Waals surface area contributed by atoms with Crippen molar-refractivity contribution in [2.24, 2.45) is 19.8 Å². The zero-order valence-corrected chi connectivity index (χ0v) is 50.8. The van der Waals surface area contributed by atoms with Crippen molar-refractivity contribution in [1.82, 2.24) is 62.8 Å². The summed E-state index contributed by atoms with van der Waals surface area (Å²) in [6, 6.07) is 12.8. The van der Waals surface area contributed by atoms with Crippen LogP contribution in [-0.4, -0.2) is 155 Å². The summed E-state index contributed by atoms with van der Waals surface area (Å²) >= 11 is 0. The lowest BCUT2D eigenvalue weighted by molar-refractivity contribution is 0.0694. The Hall–Kier alpha value is -7.82. The molecule has 8 aromatic heterocycles. The minimum atomic E-state index is -0.877. The van der Waals surface area contributed by atoms with Crippen molar-refractivity contribution in [3.63, 3.8) is 0 Å². The number of carboxylic acid groups (broad SMARTS) is 1. The summed E-state index contributed by atoms with van der Waals surface area (Å²) in [5.41, 5.74) is 18.1. The average molecular weight is 1140 g/mol. The van der Waals surface area contributed by atoms with E-state index in [2.05, 4.69) is 120 Å². The Balaban J connectivity index is 0.000000186. The molecule has 10 heterocycles. The lowest BCUT2D eigenvalue weighted by Crippen LogP contribution is -2.43. The number of amides is 1. The van der Waals surface area contributed by atoms with E-state index in [1.54, 1.807) is 44.7 Å². The molecule has 444 valence electrons. The monoisotopic (exact) mass is 1140 g/mol. The number of aromatic amines is 2. The number of H-pyrrole nitrogens is 2. The third-order valence-corrected chi connectivity index (χ3v) is 17.0. The van der Waals surface area contributed by atoms with Crippen LogP contribution in [0.3, 0.4) is 0 Å². The Morgan fingerprint density at radius 2 is 1.08 bits per heavy atom. The summed E-state index contributed by atoms with van der Waals surface area (Å²) in [5.74, 6) is -0.0894. The number of piperidine rings is 2. The van der Waals surface area contributed by atoms with Crippen LogP contribution in [0, 0.1) is 27.7 Å². The molecule has 6 N–H and O–H groups in total. The van der Waals surface area contributed by atoms with Gasteiger partial charge in [-0.15, -0.1) is 0 Å². The first kappa shape index (κ1) is 61.3. The molecule has 83 heavy (non-hydrogen) atoms. The highest BCUT2D eigenvalue weighted by molar-refractivity contribution is 5.97. The van der Waals surface area contributed by atoms with Crippen LogP contribution in [0.25, 0.3) is 33.5 Å². The van der Waals surface area contributed by atoms with Gasteiger partial charge in [0.2, 0.25) is 0 Å². The molecule has 21 heteroatoms. The number of carbonyl (C=O) groups excluding carboxylic acids is 1. The zero-order chi connectivity index (χ0) is 60.1. The molecule has 2 aliphatic heterocycles. The topological polar surface area (TPSA) is 234 Å². The Bertz CT molecular complexity index is 3710. The quantitative estimate of drug-likeness (QED) is 0.0681. The van der Waals surface area contributed by atoms with Crippen LogP contribution in [0.2, 0.25) is 0 Å². The number of hydrogen-bond donors (Lipinski definition) is 5. The lowest BCUT2D eigenvalue weighted by atomic mass is 9.97. The van der Waals surface area contributed by atoms with Crippen LogP contribution in [0.4, 0.5) is 0 Å². The van der Waals surface area contributed by atoms with Crippen LogP contribution in [0.1, 0.15) is 117 Å². The predicted molar refractivity (Wildman–Crippen MR) is 325 cm³/mol. The van der Waals surface area contributed by atoms with Gasteiger partial charge in [-0.05, 0) is 143 Å². The second-order valence-corrected chi connectivity index (χ2v) is 22.6. The van der Waals surface area contributed by atoms with Gasteiger partial charge in [0.05, 0.1) is 73.9 Å². The first-order valence-electron chi connectivity index (χ1n) is 28.4. The molecule has 2 unspecified atom stereocenters. The molecule has 0 aliphatic carbocycles. The number of methoxy groups -OCH3 is 2. The number of nitrogens with two attached hydrogens (primary N) is 1. The van der Waals surface area contributed by atoms with Crippen molar-refractivity contribution in [1.29, 1.82) is 0 Å². The van der Waals surface area contributed by atoms with Crippen molar-refractivity contribution in [3.05, 3.63) is 151 Å². The molecular formula is C62H84N14O7. The Morgan fingerprint density at radius 1 is 0.675 bits per heavy atom. The number of hydrogen-bond acceptors (Lipinski definition) is 13. The highest BCUT2D eigenvalue weighted by Crippen LogP contribution is 2.35. The summed E-state index contributed by atoms with van der Waals surface area (Å²) in [6.07, 6.45) is 16.0. The lowest BCUT2D eigenvalue weighted by Gasteiger charge is -2.39. The summed E-state index contributed by atoms with van der Waals surface area (Å²) < 4.78 is 18.8. The molecule has 0 radical (unpaired) electrons. The molecular weight excluding hydrogens is 1050 g/mol. The highest BCUT2D eigenvalue weighted by Gasteiger charge is 2.31. The standard InChI is InChI=1S/C31H41N7O3.C23H31N5O2.C8H12N2O2/c1-19-12-28(41-7)26(31(40)34-19)15-33-30(39)25-14-24-13-22(27-16-32-18-36(27)6)17-38(24)29(20(25)2)21(3)37-10-8-23(9-11-37)35(4)5;1-15-20(23(29)30)11-19-10-17(21-12-24-14-26(21)5)13-28(19)22(15)16(2)27-8-6-18(7-9-27)25(3)4;1-5-3-7(12-2)6(4-9)8(11)10-5/h12-14,16-18,21,23H,8-11,15H2,1-7H3,(H,33,39)(H,34,40);10-14,16,18H,6-9H2,1-5H3,(H,29,30);3H,4,9H2,1-2H3,(H,10,11). The molecule has 2 fully saturated rings. The molecule has 2 aliphatic rings. The fraction of sp³-hybridized carbons (Fsp3) is 0.452. The van der Waals surface area contributed by atoms with Gasteiger partial charge >= 0.3 is 5.97 Å². The molecule has 0 bridgehead atoms. The maximum atomic E-state index is 13.7. The van der Waals surface area contributed by atoms with Gasteiger partial charge in [0.1, 0.15) is 11.5 Å². The highest BCUT2D eigenvalue weighted by atomic mass is 16.5. The number of rotatable bonds is 15. The van der Waals surface area contributed by atoms with E-state index in [0.717, 1.165) is 114 Å². The second-order valence-electron chi connectivity index (χ2n) is 22.6. The number of likely N-dealkylation sites (tertiary alicyclic amines) is 2. The molecule has 8 aromatic rings. The smallest absolute Gasteiger partial charge is 0.336 e. The molecule has 0 spiro atoms. The second kappa shape index (κ2) is 26.2. The van der Waals surface area contributed by atoms with Crippen molar-refractivity contribution in [2.75, 3.05) is 68.6 Å². The molecule has 0 aromatic carbocycles. The van der Waals surface area contributed by atoms with Gasteiger partial charge in [-0.2, -0.15) is 0 Å². The predicted octanol–water partition coefficient (Wildman–Crippen LogP) is 7.25.